The number of rotatable bonds is 4. The molecule has 92 valence electrons. The smallest absolute Gasteiger partial charge is 0.141 e. The van der Waals surface area contributed by atoms with Gasteiger partial charge in [-0.05, 0) is 17.7 Å². The molecule has 4 heteroatoms. The number of nitrogens with two attached hydrogens (primary N) is 1. The number of hydrogen-bond acceptors (Lipinski definition) is 3. The lowest BCUT2D eigenvalue weighted by atomic mass is 9.97. The van der Waals surface area contributed by atoms with Gasteiger partial charge in [-0.25, -0.2) is 0 Å². The molecule has 17 heavy (non-hydrogen) atoms. The Hall–Kier alpha value is -1.06. The van der Waals surface area contributed by atoms with Crippen molar-refractivity contribution in [3.8, 4) is 5.75 Å². The van der Waals surface area contributed by atoms with Crippen molar-refractivity contribution in [2.75, 3.05) is 13.2 Å². The van der Waals surface area contributed by atoms with Crippen molar-refractivity contribution in [3.05, 3.63) is 28.3 Å². The van der Waals surface area contributed by atoms with Gasteiger partial charge in [0.1, 0.15) is 11.5 Å². The normalized spacial score (nSPS) is 15.2. The van der Waals surface area contributed by atoms with Crippen molar-refractivity contribution in [1.29, 1.82) is 0 Å². The van der Waals surface area contributed by atoms with E-state index in [1.807, 2.05) is 19.1 Å². The predicted octanol–water partition coefficient (Wildman–Crippen LogP) is 1.98. The molecular weight excluding hydrogens is 238 g/mol. The number of halogens is 1. The molecule has 0 aliphatic carbocycles. The predicted molar refractivity (Wildman–Crippen MR) is 67.6 cm³/mol. The van der Waals surface area contributed by atoms with Crippen LogP contribution in [0.4, 0.5) is 0 Å². The number of benzene rings is 1. The average Bonchev–Trinajstić information content (AvgIpc) is 2.75. The van der Waals surface area contributed by atoms with Crippen LogP contribution in [0.5, 0.6) is 5.75 Å². The molecule has 1 unspecified atom stereocenters. The third-order valence-electron chi connectivity index (χ3n) is 3.09. The first-order valence-electron chi connectivity index (χ1n) is 5.78. The average molecular weight is 254 g/mol. The molecule has 0 amide bonds. The highest BCUT2D eigenvalue weighted by atomic mass is 35.5. The van der Waals surface area contributed by atoms with Gasteiger partial charge in [-0.1, -0.05) is 18.5 Å². The Morgan fingerprint density at radius 2 is 2.35 bits per heavy atom. The molecule has 2 rings (SSSR count). The number of ether oxygens (including phenoxy) is 1. The second kappa shape index (κ2) is 5.07. The van der Waals surface area contributed by atoms with Crippen LogP contribution in [-0.4, -0.2) is 18.9 Å². The Balaban J connectivity index is 2.24. The SMILES string of the molecule is CC(CN)C(=O)Cc1cc(Cl)cc2c1OCC2. The molecule has 1 aliphatic heterocycles. The fourth-order valence-electron chi connectivity index (χ4n) is 1.97. The van der Waals surface area contributed by atoms with Crippen LogP contribution in [0.25, 0.3) is 0 Å². The lowest BCUT2D eigenvalue weighted by molar-refractivity contribution is -0.121. The minimum Gasteiger partial charge on any atom is -0.493 e. The van der Waals surface area contributed by atoms with Crippen molar-refractivity contribution in [1.82, 2.24) is 0 Å². The zero-order valence-electron chi connectivity index (χ0n) is 9.83. The molecule has 0 saturated carbocycles. The van der Waals surface area contributed by atoms with Crippen LogP contribution in [0.3, 0.4) is 0 Å². The first-order chi connectivity index (χ1) is 8.11. The number of fused-ring (bicyclic) bond motifs is 1. The van der Waals surface area contributed by atoms with Gasteiger partial charge in [0.15, 0.2) is 0 Å². The Morgan fingerprint density at radius 3 is 3.06 bits per heavy atom. The summed E-state index contributed by atoms with van der Waals surface area (Å²) in [7, 11) is 0. The van der Waals surface area contributed by atoms with Crippen molar-refractivity contribution in [2.24, 2.45) is 11.7 Å². The lowest BCUT2D eigenvalue weighted by Gasteiger charge is -2.11. The summed E-state index contributed by atoms with van der Waals surface area (Å²) in [6.07, 6.45) is 1.21. The van der Waals surface area contributed by atoms with Gasteiger partial charge in [0.2, 0.25) is 0 Å². The van der Waals surface area contributed by atoms with E-state index in [9.17, 15) is 4.79 Å². The van der Waals surface area contributed by atoms with E-state index in [2.05, 4.69) is 0 Å². The van der Waals surface area contributed by atoms with E-state index in [1.54, 1.807) is 0 Å². The number of carbonyl (C=O) groups is 1. The molecule has 0 saturated heterocycles. The maximum atomic E-state index is 11.9. The van der Waals surface area contributed by atoms with Gasteiger partial charge in [0.05, 0.1) is 6.61 Å². The summed E-state index contributed by atoms with van der Waals surface area (Å²) >= 11 is 6.03. The van der Waals surface area contributed by atoms with Gasteiger partial charge in [-0.15, -0.1) is 0 Å². The van der Waals surface area contributed by atoms with Gasteiger partial charge < -0.3 is 10.5 Å². The number of carbonyl (C=O) groups excluding carboxylic acids is 1. The third kappa shape index (κ3) is 2.61. The summed E-state index contributed by atoms with van der Waals surface area (Å²) in [6.45, 7) is 2.89. The molecule has 0 fully saturated rings. The molecule has 1 aliphatic rings. The maximum Gasteiger partial charge on any atom is 0.141 e. The number of hydrogen-bond donors (Lipinski definition) is 1. The van der Waals surface area contributed by atoms with Gasteiger partial charge in [0.25, 0.3) is 0 Å². The Labute approximate surface area is 106 Å². The van der Waals surface area contributed by atoms with E-state index < -0.39 is 0 Å². The zero-order chi connectivity index (χ0) is 12.4. The quantitative estimate of drug-likeness (QED) is 0.893. The van der Waals surface area contributed by atoms with Gasteiger partial charge in [0, 0.05) is 35.9 Å². The summed E-state index contributed by atoms with van der Waals surface area (Å²) in [5, 5.41) is 0.664. The van der Waals surface area contributed by atoms with Crippen LogP contribution in [0.2, 0.25) is 5.02 Å². The lowest BCUT2D eigenvalue weighted by Crippen LogP contribution is -2.22. The van der Waals surface area contributed by atoms with Crippen LogP contribution in [0.1, 0.15) is 18.1 Å². The minimum absolute atomic E-state index is 0.119. The molecule has 2 N–H and O–H groups in total. The van der Waals surface area contributed by atoms with Crippen molar-refractivity contribution in [2.45, 2.75) is 19.8 Å². The number of ketones is 1. The standard InChI is InChI=1S/C13H16ClNO2/c1-8(7-15)12(16)6-10-5-11(14)4-9-2-3-17-13(9)10/h4-5,8H,2-3,6-7,15H2,1H3. The molecule has 3 nitrogen and oxygen atoms in total. The minimum atomic E-state index is -0.119. The summed E-state index contributed by atoms with van der Waals surface area (Å²) < 4.78 is 5.56. The van der Waals surface area contributed by atoms with Gasteiger partial charge in [-0.2, -0.15) is 0 Å². The first-order valence-corrected chi connectivity index (χ1v) is 6.16. The molecular formula is C13H16ClNO2. The van der Waals surface area contributed by atoms with Crippen LogP contribution < -0.4 is 10.5 Å². The monoisotopic (exact) mass is 253 g/mol. The summed E-state index contributed by atoms with van der Waals surface area (Å²) in [6, 6.07) is 3.72. The van der Waals surface area contributed by atoms with Crippen LogP contribution in [0.15, 0.2) is 12.1 Å². The maximum absolute atomic E-state index is 11.9. The molecule has 0 bridgehead atoms. The van der Waals surface area contributed by atoms with E-state index in [4.69, 9.17) is 22.1 Å². The summed E-state index contributed by atoms with van der Waals surface area (Å²) in [5.41, 5.74) is 7.47. The fraction of sp³-hybridized carbons (Fsp3) is 0.462. The Morgan fingerprint density at radius 1 is 1.59 bits per heavy atom. The Bertz CT molecular complexity index is 445. The molecule has 0 radical (unpaired) electrons. The van der Waals surface area contributed by atoms with E-state index >= 15 is 0 Å². The van der Waals surface area contributed by atoms with Crippen molar-refractivity contribution >= 4 is 17.4 Å². The van der Waals surface area contributed by atoms with Crippen LogP contribution >= 0.6 is 11.6 Å². The topological polar surface area (TPSA) is 52.3 Å². The zero-order valence-corrected chi connectivity index (χ0v) is 10.6. The van der Waals surface area contributed by atoms with Crippen molar-refractivity contribution in [3.63, 3.8) is 0 Å². The van der Waals surface area contributed by atoms with Crippen molar-refractivity contribution < 1.29 is 9.53 Å². The first kappa shape index (κ1) is 12.4. The van der Waals surface area contributed by atoms with E-state index in [1.165, 1.54) is 0 Å². The van der Waals surface area contributed by atoms with E-state index in [-0.39, 0.29) is 11.7 Å². The van der Waals surface area contributed by atoms with E-state index in [0.717, 1.165) is 23.3 Å². The van der Waals surface area contributed by atoms with E-state index in [0.29, 0.717) is 24.6 Å². The van der Waals surface area contributed by atoms with Gasteiger partial charge in [-0.3, -0.25) is 4.79 Å². The molecule has 1 aromatic rings. The molecule has 0 spiro atoms. The molecule has 1 heterocycles. The highest BCUT2D eigenvalue weighted by Gasteiger charge is 2.20. The molecule has 1 atom stereocenters. The molecule has 1 aromatic carbocycles. The highest BCUT2D eigenvalue weighted by molar-refractivity contribution is 6.30. The summed E-state index contributed by atoms with van der Waals surface area (Å²) in [4.78, 5) is 11.9. The fourth-order valence-corrected chi connectivity index (χ4v) is 2.23. The number of Topliss-reactive ketones (excluding diaryl/α,β-unsaturated/α-hetero) is 1. The second-order valence-electron chi connectivity index (χ2n) is 4.43. The van der Waals surface area contributed by atoms with Crippen LogP contribution in [0, 0.1) is 5.92 Å². The summed E-state index contributed by atoms with van der Waals surface area (Å²) in [5.74, 6) is 0.852. The highest BCUT2D eigenvalue weighted by Crippen LogP contribution is 2.33. The molecule has 0 aromatic heterocycles. The third-order valence-corrected chi connectivity index (χ3v) is 3.31. The van der Waals surface area contributed by atoms with Crippen LogP contribution in [-0.2, 0) is 17.6 Å². The Kier molecular flexibility index (Phi) is 3.69. The second-order valence-corrected chi connectivity index (χ2v) is 4.87. The largest absolute Gasteiger partial charge is 0.493 e. The van der Waals surface area contributed by atoms with Gasteiger partial charge >= 0.3 is 0 Å².